The second-order valence-corrected chi connectivity index (χ2v) is 5.43. The van der Waals surface area contributed by atoms with Gasteiger partial charge in [0.25, 0.3) is 0 Å². The zero-order valence-electron chi connectivity index (χ0n) is 11.7. The van der Waals surface area contributed by atoms with Gasteiger partial charge in [0.1, 0.15) is 5.82 Å². The van der Waals surface area contributed by atoms with E-state index in [9.17, 15) is 4.39 Å². The van der Waals surface area contributed by atoms with Gasteiger partial charge in [-0.25, -0.2) is 4.39 Å². The standard InChI is InChI=1S/C15H23FN2O/c1-11-10-12(16)6-7-13(11)14(18-17)15(19-2)8-4-3-5-9-15/h6-7,10,14,18H,3-5,8-9,17H2,1-2H3. The average Bonchev–Trinajstić information content (AvgIpc) is 2.43. The fraction of sp³-hybridized carbons (Fsp3) is 0.600. The lowest BCUT2D eigenvalue weighted by Gasteiger charge is -2.42. The Morgan fingerprint density at radius 2 is 2.00 bits per heavy atom. The second-order valence-electron chi connectivity index (χ2n) is 5.43. The van der Waals surface area contributed by atoms with Crippen LogP contribution in [0.25, 0.3) is 0 Å². The summed E-state index contributed by atoms with van der Waals surface area (Å²) in [6.45, 7) is 1.91. The third-order valence-corrected chi connectivity index (χ3v) is 4.34. The number of nitrogens with one attached hydrogen (secondary N) is 1. The number of hydrogen-bond acceptors (Lipinski definition) is 3. The SMILES string of the molecule is COC1(C(NN)c2ccc(F)cc2C)CCCCC1. The lowest BCUT2D eigenvalue weighted by atomic mass is 9.76. The van der Waals surface area contributed by atoms with Crippen LogP contribution in [0.2, 0.25) is 0 Å². The van der Waals surface area contributed by atoms with E-state index in [-0.39, 0.29) is 17.5 Å². The first-order valence-electron chi connectivity index (χ1n) is 6.90. The van der Waals surface area contributed by atoms with Gasteiger partial charge >= 0.3 is 0 Å². The number of hydrogen-bond donors (Lipinski definition) is 2. The number of benzene rings is 1. The summed E-state index contributed by atoms with van der Waals surface area (Å²) < 4.78 is 19.1. The molecule has 0 aromatic heterocycles. The molecule has 1 atom stereocenters. The molecule has 0 aliphatic heterocycles. The number of aryl methyl sites for hydroxylation is 1. The molecule has 19 heavy (non-hydrogen) atoms. The Balaban J connectivity index is 2.36. The van der Waals surface area contributed by atoms with Gasteiger partial charge in [-0.1, -0.05) is 25.3 Å². The summed E-state index contributed by atoms with van der Waals surface area (Å²) in [4.78, 5) is 0. The molecule has 1 fully saturated rings. The Bertz CT molecular complexity index is 430. The van der Waals surface area contributed by atoms with Crippen LogP contribution in [-0.2, 0) is 4.74 Å². The van der Waals surface area contributed by atoms with Crippen LogP contribution in [0.3, 0.4) is 0 Å². The first-order valence-corrected chi connectivity index (χ1v) is 6.90. The van der Waals surface area contributed by atoms with Crippen molar-refractivity contribution in [2.75, 3.05) is 7.11 Å². The van der Waals surface area contributed by atoms with E-state index in [1.54, 1.807) is 13.2 Å². The van der Waals surface area contributed by atoms with Crippen molar-refractivity contribution >= 4 is 0 Å². The van der Waals surface area contributed by atoms with Gasteiger partial charge in [0.15, 0.2) is 0 Å². The summed E-state index contributed by atoms with van der Waals surface area (Å²) in [7, 11) is 1.74. The first-order chi connectivity index (χ1) is 9.13. The molecule has 0 spiro atoms. The van der Waals surface area contributed by atoms with Crippen LogP contribution >= 0.6 is 0 Å². The minimum atomic E-state index is -0.282. The van der Waals surface area contributed by atoms with Crippen molar-refractivity contribution in [3.63, 3.8) is 0 Å². The predicted molar refractivity (Wildman–Crippen MR) is 74.0 cm³/mol. The molecular weight excluding hydrogens is 243 g/mol. The number of rotatable bonds is 4. The number of ether oxygens (including phenoxy) is 1. The Labute approximate surface area is 114 Å². The van der Waals surface area contributed by atoms with E-state index >= 15 is 0 Å². The molecule has 0 amide bonds. The molecule has 1 aromatic carbocycles. The van der Waals surface area contributed by atoms with Gasteiger partial charge in [-0.2, -0.15) is 0 Å². The Kier molecular flexibility index (Phi) is 4.55. The predicted octanol–water partition coefficient (Wildman–Crippen LogP) is 2.99. The topological polar surface area (TPSA) is 47.3 Å². The van der Waals surface area contributed by atoms with Crippen LogP contribution < -0.4 is 11.3 Å². The largest absolute Gasteiger partial charge is 0.376 e. The monoisotopic (exact) mass is 266 g/mol. The van der Waals surface area contributed by atoms with Crippen molar-refractivity contribution in [1.82, 2.24) is 5.43 Å². The third-order valence-electron chi connectivity index (χ3n) is 4.34. The van der Waals surface area contributed by atoms with E-state index in [1.807, 2.05) is 13.0 Å². The number of nitrogens with two attached hydrogens (primary N) is 1. The zero-order valence-corrected chi connectivity index (χ0v) is 11.7. The number of hydrazine groups is 1. The van der Waals surface area contributed by atoms with E-state index in [4.69, 9.17) is 10.6 Å². The molecule has 106 valence electrons. The quantitative estimate of drug-likeness (QED) is 0.650. The summed E-state index contributed by atoms with van der Waals surface area (Å²) >= 11 is 0. The number of methoxy groups -OCH3 is 1. The summed E-state index contributed by atoms with van der Waals surface area (Å²) in [5.74, 6) is 5.56. The van der Waals surface area contributed by atoms with E-state index < -0.39 is 0 Å². The molecular formula is C15H23FN2O. The van der Waals surface area contributed by atoms with Crippen molar-refractivity contribution in [1.29, 1.82) is 0 Å². The van der Waals surface area contributed by atoms with Crippen molar-refractivity contribution in [3.8, 4) is 0 Å². The lowest BCUT2D eigenvalue weighted by molar-refractivity contribution is -0.0690. The highest BCUT2D eigenvalue weighted by molar-refractivity contribution is 5.32. The van der Waals surface area contributed by atoms with Gasteiger partial charge in [-0.3, -0.25) is 11.3 Å². The molecule has 0 radical (unpaired) electrons. The molecule has 1 unspecified atom stereocenters. The highest BCUT2D eigenvalue weighted by Crippen LogP contribution is 2.41. The molecule has 0 saturated heterocycles. The van der Waals surface area contributed by atoms with Crippen LogP contribution in [-0.4, -0.2) is 12.7 Å². The zero-order chi connectivity index (χ0) is 13.9. The van der Waals surface area contributed by atoms with E-state index in [2.05, 4.69) is 5.43 Å². The van der Waals surface area contributed by atoms with Gasteiger partial charge in [-0.05, 0) is 43.0 Å². The summed E-state index contributed by atoms with van der Waals surface area (Å²) in [5, 5.41) is 0. The van der Waals surface area contributed by atoms with Crippen molar-refractivity contribution in [2.45, 2.75) is 50.7 Å². The van der Waals surface area contributed by atoms with Crippen LogP contribution in [0.1, 0.15) is 49.3 Å². The van der Waals surface area contributed by atoms with Gasteiger partial charge < -0.3 is 4.74 Å². The van der Waals surface area contributed by atoms with Gasteiger partial charge in [-0.15, -0.1) is 0 Å². The molecule has 0 heterocycles. The van der Waals surface area contributed by atoms with Crippen LogP contribution in [0, 0.1) is 12.7 Å². The summed E-state index contributed by atoms with van der Waals surface area (Å²) in [5.41, 5.74) is 4.54. The van der Waals surface area contributed by atoms with Gasteiger partial charge in [0.2, 0.25) is 0 Å². The summed E-state index contributed by atoms with van der Waals surface area (Å²) in [6.07, 6.45) is 5.49. The van der Waals surface area contributed by atoms with Crippen molar-refractivity contribution < 1.29 is 9.13 Å². The second kappa shape index (κ2) is 5.99. The Hall–Kier alpha value is -0.970. The molecule has 1 aromatic rings. The molecule has 4 heteroatoms. The number of halogens is 1. The molecule has 1 aliphatic carbocycles. The minimum Gasteiger partial charge on any atom is -0.376 e. The maximum Gasteiger partial charge on any atom is 0.123 e. The van der Waals surface area contributed by atoms with E-state index in [1.165, 1.54) is 12.5 Å². The molecule has 2 rings (SSSR count). The van der Waals surface area contributed by atoms with E-state index in [0.29, 0.717) is 0 Å². The first kappa shape index (κ1) is 14.4. The Morgan fingerprint density at radius 3 is 2.53 bits per heavy atom. The normalized spacial score (nSPS) is 20.2. The minimum absolute atomic E-state index is 0.0987. The highest BCUT2D eigenvalue weighted by atomic mass is 19.1. The van der Waals surface area contributed by atoms with Crippen LogP contribution in [0.5, 0.6) is 0 Å². The molecule has 3 nitrogen and oxygen atoms in total. The van der Waals surface area contributed by atoms with Crippen molar-refractivity contribution in [2.24, 2.45) is 5.84 Å². The summed E-state index contributed by atoms with van der Waals surface area (Å²) in [6, 6.07) is 4.74. The molecule has 0 bridgehead atoms. The Morgan fingerprint density at radius 1 is 1.32 bits per heavy atom. The lowest BCUT2D eigenvalue weighted by Crippen LogP contribution is -2.49. The van der Waals surface area contributed by atoms with E-state index in [0.717, 1.165) is 36.8 Å². The van der Waals surface area contributed by atoms with Gasteiger partial charge in [0.05, 0.1) is 11.6 Å². The average molecular weight is 266 g/mol. The van der Waals surface area contributed by atoms with Crippen LogP contribution in [0.15, 0.2) is 18.2 Å². The van der Waals surface area contributed by atoms with Gasteiger partial charge in [0, 0.05) is 7.11 Å². The maximum atomic E-state index is 13.3. The fourth-order valence-electron chi connectivity index (χ4n) is 3.25. The maximum absolute atomic E-state index is 13.3. The fourth-order valence-corrected chi connectivity index (χ4v) is 3.25. The van der Waals surface area contributed by atoms with Crippen LogP contribution in [0.4, 0.5) is 4.39 Å². The molecule has 1 aliphatic rings. The van der Waals surface area contributed by atoms with Crippen molar-refractivity contribution in [3.05, 3.63) is 35.1 Å². The molecule has 3 N–H and O–H groups in total. The highest BCUT2D eigenvalue weighted by Gasteiger charge is 2.41. The molecule has 1 saturated carbocycles. The smallest absolute Gasteiger partial charge is 0.123 e. The third kappa shape index (κ3) is 2.81.